The van der Waals surface area contributed by atoms with Crippen molar-refractivity contribution >= 4 is 17.7 Å². The van der Waals surface area contributed by atoms with E-state index in [1.54, 1.807) is 0 Å². The summed E-state index contributed by atoms with van der Waals surface area (Å²) in [5.41, 5.74) is 0. The van der Waals surface area contributed by atoms with Gasteiger partial charge in [0.1, 0.15) is 0 Å². The van der Waals surface area contributed by atoms with Crippen LogP contribution in [0.25, 0.3) is 0 Å². The van der Waals surface area contributed by atoms with E-state index >= 15 is 0 Å². The fraction of sp³-hybridized carbons (Fsp3) is 0.769. The number of rotatable bonds is 3. The van der Waals surface area contributed by atoms with Crippen molar-refractivity contribution in [2.24, 2.45) is 0 Å². The fourth-order valence-corrected chi connectivity index (χ4v) is 2.49. The molecule has 2 heterocycles. The molecule has 2 fully saturated rings. The van der Waals surface area contributed by atoms with Crippen molar-refractivity contribution in [1.82, 2.24) is 20.4 Å². The molecule has 2 aliphatic heterocycles. The van der Waals surface area contributed by atoms with Gasteiger partial charge in [-0.3, -0.25) is 14.4 Å². The van der Waals surface area contributed by atoms with Crippen LogP contribution >= 0.6 is 0 Å². The maximum atomic E-state index is 11.8. The summed E-state index contributed by atoms with van der Waals surface area (Å²) >= 11 is 0. The summed E-state index contributed by atoms with van der Waals surface area (Å²) in [6, 6.07) is 0. The highest BCUT2D eigenvalue weighted by Crippen LogP contribution is 2.08. The average Bonchev–Trinajstić information content (AvgIpc) is 3.01. The molecule has 0 atom stereocenters. The van der Waals surface area contributed by atoms with Crippen LogP contribution in [0.3, 0.4) is 0 Å². The summed E-state index contributed by atoms with van der Waals surface area (Å²) in [7, 11) is 0. The first-order valence-electron chi connectivity index (χ1n) is 7.24. The molecule has 2 saturated heterocycles. The van der Waals surface area contributed by atoms with Crippen LogP contribution in [0, 0.1) is 0 Å². The standard InChI is InChI=1S/C13H22N4O3/c18-11(16-7-1-2-8-16)3-4-15-12(19)13(20)17-9-5-14-6-10-17/h14H,1-10H2,(H,15,19). The molecule has 0 radical (unpaired) electrons. The second kappa shape index (κ2) is 7.23. The Morgan fingerprint density at radius 2 is 1.60 bits per heavy atom. The SMILES string of the molecule is O=C(NCCC(=O)N1CCCC1)C(=O)N1CCNCC1. The predicted octanol–water partition coefficient (Wildman–Crippen LogP) is -1.45. The van der Waals surface area contributed by atoms with Gasteiger partial charge in [0.05, 0.1) is 0 Å². The lowest BCUT2D eigenvalue weighted by atomic mass is 10.3. The molecule has 0 aromatic carbocycles. The van der Waals surface area contributed by atoms with Gasteiger partial charge in [-0.1, -0.05) is 0 Å². The normalized spacial score (nSPS) is 19.0. The number of amides is 3. The highest BCUT2D eigenvalue weighted by atomic mass is 16.2. The number of hydrogen-bond donors (Lipinski definition) is 2. The Kier molecular flexibility index (Phi) is 5.34. The van der Waals surface area contributed by atoms with E-state index in [9.17, 15) is 14.4 Å². The fourth-order valence-electron chi connectivity index (χ4n) is 2.49. The van der Waals surface area contributed by atoms with Crippen molar-refractivity contribution < 1.29 is 14.4 Å². The molecule has 20 heavy (non-hydrogen) atoms. The molecular formula is C13H22N4O3. The highest BCUT2D eigenvalue weighted by molar-refractivity contribution is 6.35. The van der Waals surface area contributed by atoms with Crippen LogP contribution in [-0.2, 0) is 14.4 Å². The molecule has 3 amide bonds. The van der Waals surface area contributed by atoms with Gasteiger partial charge in [-0.05, 0) is 12.8 Å². The lowest BCUT2D eigenvalue weighted by Crippen LogP contribution is -2.51. The predicted molar refractivity (Wildman–Crippen MR) is 72.9 cm³/mol. The Labute approximate surface area is 118 Å². The molecule has 7 heteroatoms. The summed E-state index contributed by atoms with van der Waals surface area (Å²) < 4.78 is 0. The zero-order chi connectivity index (χ0) is 14.4. The summed E-state index contributed by atoms with van der Waals surface area (Å²) in [5, 5.41) is 5.66. The Bertz CT molecular complexity index is 374. The number of nitrogens with zero attached hydrogens (tertiary/aromatic N) is 2. The molecule has 0 aromatic rings. The Morgan fingerprint density at radius 1 is 0.950 bits per heavy atom. The summed E-state index contributed by atoms with van der Waals surface area (Å²) in [5.74, 6) is -1.06. The number of piperazine rings is 1. The van der Waals surface area contributed by atoms with Crippen molar-refractivity contribution in [2.75, 3.05) is 45.8 Å². The molecule has 2 aliphatic rings. The maximum Gasteiger partial charge on any atom is 0.311 e. The molecule has 0 spiro atoms. The molecule has 112 valence electrons. The van der Waals surface area contributed by atoms with Gasteiger partial charge in [-0.15, -0.1) is 0 Å². The minimum absolute atomic E-state index is 0.0532. The average molecular weight is 282 g/mol. The largest absolute Gasteiger partial charge is 0.347 e. The second-order valence-electron chi connectivity index (χ2n) is 5.14. The minimum atomic E-state index is -0.610. The number of carbonyl (C=O) groups is 3. The molecule has 0 saturated carbocycles. The first-order valence-corrected chi connectivity index (χ1v) is 7.24. The van der Waals surface area contributed by atoms with E-state index in [0.717, 1.165) is 25.9 Å². The van der Waals surface area contributed by atoms with E-state index < -0.39 is 11.8 Å². The molecule has 7 nitrogen and oxygen atoms in total. The van der Waals surface area contributed by atoms with Crippen LogP contribution in [0.2, 0.25) is 0 Å². The number of nitrogens with one attached hydrogen (secondary N) is 2. The summed E-state index contributed by atoms with van der Waals surface area (Å²) in [4.78, 5) is 38.6. The minimum Gasteiger partial charge on any atom is -0.347 e. The first-order chi connectivity index (χ1) is 9.68. The van der Waals surface area contributed by atoms with Gasteiger partial charge in [0, 0.05) is 52.2 Å². The van der Waals surface area contributed by atoms with Crippen molar-refractivity contribution in [3.63, 3.8) is 0 Å². The van der Waals surface area contributed by atoms with Gasteiger partial charge in [0.25, 0.3) is 0 Å². The van der Waals surface area contributed by atoms with E-state index in [1.807, 2.05) is 4.90 Å². The van der Waals surface area contributed by atoms with Gasteiger partial charge >= 0.3 is 11.8 Å². The van der Waals surface area contributed by atoms with Crippen LogP contribution < -0.4 is 10.6 Å². The third-order valence-electron chi connectivity index (χ3n) is 3.68. The van der Waals surface area contributed by atoms with Gasteiger partial charge in [0.2, 0.25) is 5.91 Å². The molecule has 0 aliphatic carbocycles. The van der Waals surface area contributed by atoms with Crippen LogP contribution in [0.1, 0.15) is 19.3 Å². The zero-order valence-electron chi connectivity index (χ0n) is 11.7. The molecular weight excluding hydrogens is 260 g/mol. The summed E-state index contributed by atoms with van der Waals surface area (Å²) in [6.07, 6.45) is 2.37. The lowest BCUT2D eigenvalue weighted by Gasteiger charge is -2.26. The maximum absolute atomic E-state index is 11.8. The van der Waals surface area contributed by atoms with E-state index in [1.165, 1.54) is 4.90 Å². The zero-order valence-corrected chi connectivity index (χ0v) is 11.7. The van der Waals surface area contributed by atoms with Crippen LogP contribution in [0.15, 0.2) is 0 Å². The third-order valence-corrected chi connectivity index (χ3v) is 3.68. The number of likely N-dealkylation sites (tertiary alicyclic amines) is 1. The van der Waals surface area contributed by atoms with E-state index in [2.05, 4.69) is 10.6 Å². The molecule has 2 N–H and O–H groups in total. The van der Waals surface area contributed by atoms with Gasteiger partial charge in [-0.25, -0.2) is 0 Å². The van der Waals surface area contributed by atoms with Crippen molar-refractivity contribution in [3.8, 4) is 0 Å². The lowest BCUT2D eigenvalue weighted by molar-refractivity contribution is -0.146. The number of hydrogen-bond acceptors (Lipinski definition) is 4. The van der Waals surface area contributed by atoms with Crippen molar-refractivity contribution in [1.29, 1.82) is 0 Å². The third kappa shape index (κ3) is 3.93. The molecule has 0 unspecified atom stereocenters. The van der Waals surface area contributed by atoms with Crippen LogP contribution in [-0.4, -0.2) is 73.3 Å². The highest BCUT2D eigenvalue weighted by Gasteiger charge is 2.23. The molecule has 2 rings (SSSR count). The summed E-state index contributed by atoms with van der Waals surface area (Å²) in [6.45, 7) is 4.39. The monoisotopic (exact) mass is 282 g/mol. The van der Waals surface area contributed by atoms with Crippen LogP contribution in [0.5, 0.6) is 0 Å². The van der Waals surface area contributed by atoms with Crippen LogP contribution in [0.4, 0.5) is 0 Å². The second-order valence-corrected chi connectivity index (χ2v) is 5.14. The number of carbonyl (C=O) groups excluding carboxylic acids is 3. The van der Waals surface area contributed by atoms with E-state index in [-0.39, 0.29) is 18.9 Å². The van der Waals surface area contributed by atoms with E-state index in [0.29, 0.717) is 26.2 Å². The topological polar surface area (TPSA) is 81.8 Å². The van der Waals surface area contributed by atoms with Gasteiger partial charge in [0.15, 0.2) is 0 Å². The van der Waals surface area contributed by atoms with Crippen molar-refractivity contribution in [2.45, 2.75) is 19.3 Å². The molecule has 0 bridgehead atoms. The smallest absolute Gasteiger partial charge is 0.311 e. The van der Waals surface area contributed by atoms with Crippen molar-refractivity contribution in [3.05, 3.63) is 0 Å². The molecule has 0 aromatic heterocycles. The van der Waals surface area contributed by atoms with Gasteiger partial charge < -0.3 is 20.4 Å². The Morgan fingerprint density at radius 3 is 2.25 bits per heavy atom. The Balaban J connectivity index is 1.66. The first kappa shape index (κ1) is 14.8. The van der Waals surface area contributed by atoms with E-state index in [4.69, 9.17) is 0 Å². The quantitative estimate of drug-likeness (QED) is 0.620. The Hall–Kier alpha value is -1.63. The van der Waals surface area contributed by atoms with Gasteiger partial charge in [-0.2, -0.15) is 0 Å².